The number of nitrogens with two attached hydrogens (primary N) is 1. The molecule has 0 radical (unpaired) electrons. The molecule has 1 saturated carbocycles. The van der Waals surface area contributed by atoms with Crippen LogP contribution in [0.2, 0.25) is 5.02 Å². The molecule has 0 bridgehead atoms. The Morgan fingerprint density at radius 1 is 1.38 bits per heavy atom. The van der Waals surface area contributed by atoms with Gasteiger partial charge in [-0.25, -0.2) is 0 Å². The average molecular weight is 309 g/mol. The highest BCUT2D eigenvalue weighted by Gasteiger charge is 2.39. The average Bonchev–Trinajstić information content (AvgIpc) is 2.45. The third-order valence-electron chi connectivity index (χ3n) is 4.53. The summed E-state index contributed by atoms with van der Waals surface area (Å²) in [6, 6.07) is 7.67. The van der Waals surface area contributed by atoms with Crippen LogP contribution in [0, 0.1) is 5.92 Å². The van der Waals surface area contributed by atoms with Crippen molar-refractivity contribution in [1.29, 1.82) is 0 Å². The number of halogens is 1. The molecule has 2 atom stereocenters. The van der Waals surface area contributed by atoms with Gasteiger partial charge in [0.05, 0.1) is 5.92 Å². The van der Waals surface area contributed by atoms with Gasteiger partial charge in [0.1, 0.15) is 0 Å². The Kier molecular flexibility index (Phi) is 5.28. The van der Waals surface area contributed by atoms with E-state index in [1.807, 2.05) is 43.0 Å². The second-order valence-electron chi connectivity index (χ2n) is 6.28. The molecular formula is C17H25ClN2O. The normalized spacial score (nSPS) is 25.6. The lowest BCUT2D eigenvalue weighted by atomic mass is 9.74. The van der Waals surface area contributed by atoms with Crippen molar-refractivity contribution >= 4 is 17.5 Å². The number of amides is 1. The number of carbonyl (C=O) groups is 1. The van der Waals surface area contributed by atoms with E-state index in [-0.39, 0.29) is 17.4 Å². The molecule has 0 spiro atoms. The summed E-state index contributed by atoms with van der Waals surface area (Å²) in [6.45, 7) is 5.36. The van der Waals surface area contributed by atoms with Crippen LogP contribution >= 0.6 is 11.6 Å². The smallest absolute Gasteiger partial charge is 0.227 e. The van der Waals surface area contributed by atoms with Crippen LogP contribution in [0.4, 0.5) is 0 Å². The van der Waals surface area contributed by atoms with Crippen molar-refractivity contribution < 1.29 is 4.79 Å². The summed E-state index contributed by atoms with van der Waals surface area (Å²) in [6.07, 6.45) is 4.06. The topological polar surface area (TPSA) is 46.3 Å². The first-order valence-corrected chi connectivity index (χ1v) is 8.14. The number of carbonyl (C=O) groups excluding carboxylic acids is 1. The summed E-state index contributed by atoms with van der Waals surface area (Å²) < 4.78 is 0. The Bertz CT molecular complexity index is 484. The van der Waals surface area contributed by atoms with E-state index in [1.165, 1.54) is 0 Å². The minimum absolute atomic E-state index is 0.0569. The van der Waals surface area contributed by atoms with Gasteiger partial charge in [0.15, 0.2) is 0 Å². The van der Waals surface area contributed by atoms with Gasteiger partial charge in [-0.1, -0.05) is 36.6 Å². The summed E-state index contributed by atoms with van der Waals surface area (Å²) in [4.78, 5) is 14.7. The third kappa shape index (κ3) is 3.98. The van der Waals surface area contributed by atoms with Crippen LogP contribution in [0.5, 0.6) is 0 Å². The van der Waals surface area contributed by atoms with Crippen molar-refractivity contribution in [2.24, 2.45) is 11.7 Å². The quantitative estimate of drug-likeness (QED) is 0.924. The van der Waals surface area contributed by atoms with Gasteiger partial charge < -0.3 is 10.6 Å². The maximum absolute atomic E-state index is 12.8. The molecular weight excluding hydrogens is 284 g/mol. The molecule has 0 aliphatic heterocycles. The highest BCUT2D eigenvalue weighted by Crippen LogP contribution is 2.33. The van der Waals surface area contributed by atoms with Gasteiger partial charge in [-0.3, -0.25) is 4.79 Å². The van der Waals surface area contributed by atoms with Crippen molar-refractivity contribution in [3.63, 3.8) is 0 Å². The summed E-state index contributed by atoms with van der Waals surface area (Å²) in [7, 11) is 0. The molecule has 3 nitrogen and oxygen atoms in total. The lowest BCUT2D eigenvalue weighted by Crippen LogP contribution is -2.53. The van der Waals surface area contributed by atoms with E-state index in [9.17, 15) is 4.79 Å². The van der Waals surface area contributed by atoms with Gasteiger partial charge >= 0.3 is 0 Å². The Balaban J connectivity index is 2.09. The fourth-order valence-corrected chi connectivity index (χ4v) is 3.27. The predicted octanol–water partition coefficient (Wildman–Crippen LogP) is 3.60. The molecule has 4 heteroatoms. The minimum atomic E-state index is -0.372. The maximum atomic E-state index is 12.8. The van der Waals surface area contributed by atoms with Crippen LogP contribution in [0.15, 0.2) is 24.3 Å². The minimum Gasteiger partial charge on any atom is -0.338 e. The van der Waals surface area contributed by atoms with E-state index in [1.54, 1.807) is 0 Å². The maximum Gasteiger partial charge on any atom is 0.227 e. The number of hydrogen-bond donors (Lipinski definition) is 1. The van der Waals surface area contributed by atoms with Gasteiger partial charge in [0.25, 0.3) is 0 Å². The Morgan fingerprint density at radius 3 is 2.62 bits per heavy atom. The second kappa shape index (κ2) is 6.80. The van der Waals surface area contributed by atoms with E-state index < -0.39 is 0 Å². The van der Waals surface area contributed by atoms with Crippen LogP contribution in [0.25, 0.3) is 0 Å². The first kappa shape index (κ1) is 16.3. The predicted molar refractivity (Wildman–Crippen MR) is 87.1 cm³/mol. The highest BCUT2D eigenvalue weighted by atomic mass is 35.5. The summed E-state index contributed by atoms with van der Waals surface area (Å²) in [5, 5.41) is 0.718. The van der Waals surface area contributed by atoms with Gasteiger partial charge in [-0.05, 0) is 44.4 Å². The number of rotatable bonds is 4. The largest absolute Gasteiger partial charge is 0.338 e. The summed E-state index contributed by atoms with van der Waals surface area (Å²) in [5.41, 5.74) is 7.09. The number of nitrogens with zero attached hydrogens (tertiary/aromatic N) is 1. The fourth-order valence-electron chi connectivity index (χ4n) is 3.14. The summed E-state index contributed by atoms with van der Waals surface area (Å²) >= 11 is 5.91. The molecule has 21 heavy (non-hydrogen) atoms. The number of benzene rings is 1. The van der Waals surface area contributed by atoms with Crippen LogP contribution in [0.1, 0.15) is 45.1 Å². The zero-order valence-corrected chi connectivity index (χ0v) is 13.7. The molecule has 2 rings (SSSR count). The molecule has 1 amide bonds. The Morgan fingerprint density at radius 2 is 2.05 bits per heavy atom. The Labute approximate surface area is 132 Å². The van der Waals surface area contributed by atoms with E-state index in [2.05, 4.69) is 0 Å². The molecule has 0 aromatic heterocycles. The van der Waals surface area contributed by atoms with E-state index in [0.29, 0.717) is 13.1 Å². The molecule has 2 unspecified atom stereocenters. The van der Waals surface area contributed by atoms with E-state index in [4.69, 9.17) is 17.3 Å². The summed E-state index contributed by atoms with van der Waals surface area (Å²) in [5.74, 6) is 0.135. The van der Waals surface area contributed by atoms with Crippen LogP contribution in [-0.2, 0) is 11.3 Å². The van der Waals surface area contributed by atoms with Gasteiger partial charge in [0, 0.05) is 23.7 Å². The highest BCUT2D eigenvalue weighted by molar-refractivity contribution is 6.30. The van der Waals surface area contributed by atoms with Gasteiger partial charge in [0.2, 0.25) is 5.91 Å². The molecule has 1 aliphatic carbocycles. The molecule has 0 heterocycles. The Hall–Kier alpha value is -1.06. The number of hydrogen-bond acceptors (Lipinski definition) is 2. The van der Waals surface area contributed by atoms with E-state index in [0.717, 1.165) is 36.3 Å². The van der Waals surface area contributed by atoms with Crippen LogP contribution in [-0.4, -0.2) is 22.9 Å². The van der Waals surface area contributed by atoms with Crippen LogP contribution < -0.4 is 5.73 Å². The van der Waals surface area contributed by atoms with Gasteiger partial charge in [-0.15, -0.1) is 0 Å². The van der Waals surface area contributed by atoms with Gasteiger partial charge in [-0.2, -0.15) is 0 Å². The molecule has 1 aliphatic rings. The zero-order valence-electron chi connectivity index (χ0n) is 12.9. The zero-order chi connectivity index (χ0) is 15.5. The second-order valence-corrected chi connectivity index (χ2v) is 6.72. The van der Waals surface area contributed by atoms with Crippen molar-refractivity contribution in [2.45, 2.75) is 51.6 Å². The molecule has 1 aromatic rings. The fraction of sp³-hybridized carbons (Fsp3) is 0.588. The van der Waals surface area contributed by atoms with Crippen molar-refractivity contribution in [3.05, 3.63) is 34.9 Å². The molecule has 116 valence electrons. The third-order valence-corrected chi connectivity index (χ3v) is 4.78. The monoisotopic (exact) mass is 308 g/mol. The van der Waals surface area contributed by atoms with Crippen molar-refractivity contribution in [1.82, 2.24) is 4.90 Å². The molecule has 1 fully saturated rings. The molecule has 1 aromatic carbocycles. The van der Waals surface area contributed by atoms with Crippen molar-refractivity contribution in [2.75, 3.05) is 6.54 Å². The molecule has 0 saturated heterocycles. The standard InChI is InChI=1S/C17H25ClN2O/c1-3-20(12-13-7-9-14(18)10-8-13)16(21)15-6-4-5-11-17(15,2)19/h7-10,15H,3-6,11-12,19H2,1-2H3. The lowest BCUT2D eigenvalue weighted by molar-refractivity contribution is -0.139. The SMILES string of the molecule is CCN(Cc1ccc(Cl)cc1)C(=O)C1CCCCC1(C)N. The first-order valence-electron chi connectivity index (χ1n) is 7.76. The van der Waals surface area contributed by atoms with Crippen LogP contribution in [0.3, 0.4) is 0 Å². The molecule has 2 N–H and O–H groups in total. The van der Waals surface area contributed by atoms with Crippen molar-refractivity contribution in [3.8, 4) is 0 Å². The van der Waals surface area contributed by atoms with E-state index >= 15 is 0 Å². The lowest BCUT2D eigenvalue weighted by Gasteiger charge is -2.39. The first-order chi connectivity index (χ1) is 9.94.